The van der Waals surface area contributed by atoms with Crippen LogP contribution in [0.2, 0.25) is 0 Å². The highest BCUT2D eigenvalue weighted by Crippen LogP contribution is 2.46. The normalized spacial score (nSPS) is 19.6. The molecule has 0 spiro atoms. The average molecular weight is 452 g/mol. The van der Waals surface area contributed by atoms with Crippen molar-refractivity contribution in [2.24, 2.45) is 0 Å². The number of aromatic amines is 1. The van der Waals surface area contributed by atoms with Crippen molar-refractivity contribution in [2.75, 3.05) is 43.9 Å². The van der Waals surface area contributed by atoms with Crippen molar-refractivity contribution in [3.8, 4) is 17.2 Å². The Labute approximate surface area is 183 Å². The number of ether oxygens (including phenoxy) is 3. The van der Waals surface area contributed by atoms with Gasteiger partial charge in [0.25, 0.3) is 5.56 Å². The topological polar surface area (TPSA) is 94.6 Å². The van der Waals surface area contributed by atoms with Gasteiger partial charge in [0.2, 0.25) is 11.7 Å². The minimum absolute atomic E-state index is 0.117. The molecule has 162 valence electrons. The van der Waals surface area contributed by atoms with Gasteiger partial charge in [-0.05, 0) is 42.0 Å². The molecule has 2 N–H and O–H groups in total. The largest absolute Gasteiger partial charge is 0.493 e. The summed E-state index contributed by atoms with van der Waals surface area (Å²) in [6.45, 7) is 0. The number of anilines is 1. The van der Waals surface area contributed by atoms with E-state index in [1.165, 1.54) is 11.8 Å². The van der Waals surface area contributed by atoms with Gasteiger partial charge in [-0.1, -0.05) is 0 Å². The lowest BCUT2D eigenvalue weighted by Crippen LogP contribution is -2.22. The van der Waals surface area contributed by atoms with Crippen molar-refractivity contribution >= 4 is 35.2 Å². The SMILES string of the molecule is COc1cc([C@H]2SCC(=O)Nc3c2c(=O)[nH]n3C2CCSCC2)cc(OC)c1OC. The molecule has 10 heteroatoms. The van der Waals surface area contributed by atoms with Gasteiger partial charge in [0.1, 0.15) is 5.82 Å². The van der Waals surface area contributed by atoms with Crippen molar-refractivity contribution in [2.45, 2.75) is 24.1 Å². The number of thioether (sulfide) groups is 2. The van der Waals surface area contributed by atoms with Gasteiger partial charge in [0.05, 0.1) is 43.9 Å². The minimum Gasteiger partial charge on any atom is -0.493 e. The zero-order valence-electron chi connectivity index (χ0n) is 17.1. The molecule has 0 aliphatic carbocycles. The molecular formula is C20H25N3O5S2. The first-order chi connectivity index (χ1) is 14.6. The summed E-state index contributed by atoms with van der Waals surface area (Å²) < 4.78 is 18.3. The second-order valence-electron chi connectivity index (χ2n) is 7.11. The van der Waals surface area contributed by atoms with Crippen LogP contribution in [-0.2, 0) is 4.79 Å². The number of rotatable bonds is 5. The Balaban J connectivity index is 1.84. The number of nitrogens with zero attached hydrogens (tertiary/aromatic N) is 1. The maximum Gasteiger partial charge on any atom is 0.270 e. The van der Waals surface area contributed by atoms with Crippen LogP contribution in [0.15, 0.2) is 16.9 Å². The van der Waals surface area contributed by atoms with Gasteiger partial charge in [0, 0.05) is 0 Å². The first-order valence-electron chi connectivity index (χ1n) is 9.70. The summed E-state index contributed by atoms with van der Waals surface area (Å²) in [5.41, 5.74) is 1.18. The van der Waals surface area contributed by atoms with E-state index in [1.54, 1.807) is 21.3 Å². The first-order valence-corrected chi connectivity index (χ1v) is 11.9. The molecule has 0 unspecified atom stereocenters. The van der Waals surface area contributed by atoms with Gasteiger partial charge in [-0.25, -0.2) is 0 Å². The summed E-state index contributed by atoms with van der Waals surface area (Å²) in [4.78, 5) is 25.5. The molecule has 30 heavy (non-hydrogen) atoms. The van der Waals surface area contributed by atoms with Crippen LogP contribution in [0.1, 0.15) is 35.3 Å². The number of hydrogen-bond donors (Lipinski definition) is 2. The van der Waals surface area contributed by atoms with E-state index in [4.69, 9.17) is 14.2 Å². The van der Waals surface area contributed by atoms with Crippen molar-refractivity contribution in [1.82, 2.24) is 9.78 Å². The van der Waals surface area contributed by atoms with Crippen LogP contribution < -0.4 is 25.1 Å². The lowest BCUT2D eigenvalue weighted by atomic mass is 10.0. The van der Waals surface area contributed by atoms with Crippen LogP contribution in [0.5, 0.6) is 17.2 Å². The van der Waals surface area contributed by atoms with E-state index in [1.807, 2.05) is 28.6 Å². The Kier molecular flexibility index (Phi) is 6.24. The van der Waals surface area contributed by atoms with Gasteiger partial charge >= 0.3 is 0 Å². The molecule has 3 heterocycles. The van der Waals surface area contributed by atoms with Gasteiger partial charge in [-0.2, -0.15) is 11.8 Å². The quantitative estimate of drug-likeness (QED) is 0.721. The lowest BCUT2D eigenvalue weighted by molar-refractivity contribution is -0.113. The highest BCUT2D eigenvalue weighted by molar-refractivity contribution is 8.00. The van der Waals surface area contributed by atoms with Gasteiger partial charge in [0.15, 0.2) is 11.5 Å². The van der Waals surface area contributed by atoms with Crippen molar-refractivity contribution in [3.63, 3.8) is 0 Å². The molecule has 2 aliphatic rings. The standard InChI is InChI=1S/C20H25N3O5S2/c1-26-13-8-11(9-14(27-2)17(13)28-3)18-16-19(21-15(24)10-30-18)23(22-20(16)25)12-4-6-29-7-5-12/h8-9,12,18H,4-7,10H2,1-3H3,(H,21,24)(H,22,25)/t18-/m1/s1. The summed E-state index contributed by atoms with van der Waals surface area (Å²) in [5.74, 6) is 4.30. The molecule has 1 aromatic heterocycles. The van der Waals surface area contributed by atoms with Crippen molar-refractivity contribution < 1.29 is 19.0 Å². The fraction of sp³-hybridized carbons (Fsp3) is 0.500. The number of amides is 1. The average Bonchev–Trinajstić information content (AvgIpc) is 2.98. The van der Waals surface area contributed by atoms with Gasteiger partial charge in [-0.15, -0.1) is 11.8 Å². The number of methoxy groups -OCH3 is 3. The van der Waals surface area contributed by atoms with Crippen LogP contribution in [0.3, 0.4) is 0 Å². The number of aromatic nitrogens is 2. The summed E-state index contributed by atoms with van der Waals surface area (Å²) in [7, 11) is 4.67. The Hall–Kier alpha value is -2.20. The summed E-state index contributed by atoms with van der Waals surface area (Å²) >= 11 is 3.33. The Bertz CT molecular complexity index is 972. The second kappa shape index (κ2) is 8.89. The third kappa shape index (κ3) is 3.78. The maximum absolute atomic E-state index is 13.1. The Morgan fingerprint density at radius 2 is 1.70 bits per heavy atom. The zero-order chi connectivity index (χ0) is 21.3. The molecule has 0 saturated carbocycles. The number of hydrogen-bond acceptors (Lipinski definition) is 7. The Morgan fingerprint density at radius 1 is 1.03 bits per heavy atom. The molecule has 8 nitrogen and oxygen atoms in total. The van der Waals surface area contributed by atoms with E-state index < -0.39 is 0 Å². The van der Waals surface area contributed by atoms with Crippen molar-refractivity contribution in [3.05, 3.63) is 33.6 Å². The van der Waals surface area contributed by atoms with Crippen LogP contribution in [-0.4, -0.2) is 54.3 Å². The maximum atomic E-state index is 13.1. The molecule has 1 fully saturated rings. The molecule has 0 bridgehead atoms. The third-order valence-electron chi connectivity index (χ3n) is 5.41. The van der Waals surface area contributed by atoms with E-state index >= 15 is 0 Å². The molecule has 4 rings (SSSR count). The highest BCUT2D eigenvalue weighted by Gasteiger charge is 2.33. The number of fused-ring (bicyclic) bond motifs is 1. The molecule has 1 atom stereocenters. The number of carbonyl (C=O) groups excluding carboxylic acids is 1. The predicted molar refractivity (Wildman–Crippen MR) is 120 cm³/mol. The number of H-pyrrole nitrogens is 1. The minimum atomic E-state index is -0.351. The third-order valence-corrected chi connectivity index (χ3v) is 7.73. The van der Waals surface area contributed by atoms with Crippen LogP contribution in [0, 0.1) is 0 Å². The first kappa shape index (κ1) is 21.0. The number of nitrogens with one attached hydrogen (secondary N) is 2. The highest BCUT2D eigenvalue weighted by atomic mass is 32.2. The number of carbonyl (C=O) groups is 1. The van der Waals surface area contributed by atoms with E-state index in [-0.39, 0.29) is 28.5 Å². The molecule has 1 saturated heterocycles. The molecule has 1 aromatic carbocycles. The lowest BCUT2D eigenvalue weighted by Gasteiger charge is -2.24. The van der Waals surface area contributed by atoms with E-state index in [9.17, 15) is 9.59 Å². The van der Waals surface area contributed by atoms with Crippen molar-refractivity contribution in [1.29, 1.82) is 0 Å². The number of benzene rings is 1. The summed E-state index contributed by atoms with van der Waals surface area (Å²) in [6.07, 6.45) is 1.92. The molecule has 0 radical (unpaired) electrons. The van der Waals surface area contributed by atoms with E-state index in [0.29, 0.717) is 28.6 Å². The fourth-order valence-corrected chi connectivity index (χ4v) is 6.16. The Morgan fingerprint density at radius 3 is 2.30 bits per heavy atom. The van der Waals surface area contributed by atoms with Gasteiger partial charge in [-0.3, -0.25) is 19.4 Å². The fourth-order valence-electron chi connectivity index (χ4n) is 3.98. The molecule has 2 aliphatic heterocycles. The molecular weight excluding hydrogens is 426 g/mol. The van der Waals surface area contributed by atoms with Gasteiger partial charge < -0.3 is 19.5 Å². The summed E-state index contributed by atoms with van der Waals surface area (Å²) in [6, 6.07) is 3.85. The predicted octanol–water partition coefficient (Wildman–Crippen LogP) is 3.05. The van der Waals surface area contributed by atoms with E-state index in [2.05, 4.69) is 10.4 Å². The van der Waals surface area contributed by atoms with Crippen LogP contribution >= 0.6 is 23.5 Å². The smallest absolute Gasteiger partial charge is 0.270 e. The van der Waals surface area contributed by atoms with Crippen LogP contribution in [0.25, 0.3) is 0 Å². The zero-order valence-corrected chi connectivity index (χ0v) is 18.8. The van der Waals surface area contributed by atoms with E-state index in [0.717, 1.165) is 29.9 Å². The molecule has 2 aromatic rings. The molecule has 1 amide bonds. The monoisotopic (exact) mass is 451 g/mol. The summed E-state index contributed by atoms with van der Waals surface area (Å²) in [5, 5.41) is 5.60. The second-order valence-corrected chi connectivity index (χ2v) is 9.43. The van der Waals surface area contributed by atoms with Crippen LogP contribution in [0.4, 0.5) is 5.82 Å².